The highest BCUT2D eigenvalue weighted by Gasteiger charge is 2.52. The van der Waals surface area contributed by atoms with Gasteiger partial charge < -0.3 is 5.11 Å². The number of hydrogen-bond donors (Lipinski definition) is 1. The Hall–Kier alpha value is -0.770. The molecule has 1 fully saturated rings. The van der Waals surface area contributed by atoms with Crippen molar-refractivity contribution in [2.75, 3.05) is 0 Å². The molecule has 0 aromatic heterocycles. The van der Waals surface area contributed by atoms with Crippen LogP contribution in [0.25, 0.3) is 0 Å². The van der Waals surface area contributed by atoms with Crippen molar-refractivity contribution in [3.8, 4) is 0 Å². The molecule has 0 saturated heterocycles. The first kappa shape index (κ1) is 13.3. The number of aliphatic hydroxyl groups excluding tert-OH is 1. The lowest BCUT2D eigenvalue weighted by molar-refractivity contribution is -0.166. The van der Waals surface area contributed by atoms with Crippen LogP contribution in [0.4, 0.5) is 8.78 Å². The molecule has 0 aromatic rings. The molecule has 16 heavy (non-hydrogen) atoms. The Labute approximate surface area is 94.3 Å². The number of ketones is 1. The Bertz CT molecular complexity index is 313. The third-order valence-electron chi connectivity index (χ3n) is 3.28. The van der Waals surface area contributed by atoms with Crippen LogP contribution in [0.3, 0.4) is 0 Å². The molecular weight excluding hydrogens is 214 g/mol. The van der Waals surface area contributed by atoms with E-state index in [1.807, 2.05) is 0 Å². The summed E-state index contributed by atoms with van der Waals surface area (Å²) < 4.78 is 25.4. The molecular formula is C12H18F2O2. The summed E-state index contributed by atoms with van der Waals surface area (Å²) in [5.41, 5.74) is -0.692. The van der Waals surface area contributed by atoms with Gasteiger partial charge in [-0.2, -0.15) is 0 Å². The number of aliphatic hydroxyl groups is 1. The molecule has 0 aromatic carbocycles. The quantitative estimate of drug-likeness (QED) is 0.756. The Morgan fingerprint density at radius 3 is 2.25 bits per heavy atom. The first-order valence-electron chi connectivity index (χ1n) is 5.34. The molecule has 0 bridgehead atoms. The molecule has 0 aliphatic heterocycles. The average Bonchev–Trinajstić information content (AvgIpc) is 2.11. The van der Waals surface area contributed by atoms with E-state index in [1.54, 1.807) is 20.8 Å². The molecule has 4 heteroatoms. The average molecular weight is 232 g/mol. The topological polar surface area (TPSA) is 37.3 Å². The second-order valence-corrected chi connectivity index (χ2v) is 5.30. The predicted molar refractivity (Wildman–Crippen MR) is 57.3 cm³/mol. The molecule has 1 unspecified atom stereocenters. The standard InChI is InChI=1S/C12H18F2O2/c1-7(2)9(15)11(3,4)10(16)8-5-12(13,14)6-8/h8,10,16H,1,5-6H2,2-4H3. The molecule has 92 valence electrons. The van der Waals surface area contributed by atoms with E-state index in [2.05, 4.69) is 6.58 Å². The molecule has 1 aliphatic rings. The van der Waals surface area contributed by atoms with Gasteiger partial charge in [0.25, 0.3) is 0 Å². The molecule has 1 atom stereocenters. The lowest BCUT2D eigenvalue weighted by Crippen LogP contribution is -2.50. The maximum absolute atomic E-state index is 12.7. The summed E-state index contributed by atoms with van der Waals surface area (Å²) in [6.45, 7) is 8.24. The van der Waals surface area contributed by atoms with Gasteiger partial charge in [0.15, 0.2) is 5.78 Å². The van der Waals surface area contributed by atoms with Gasteiger partial charge in [0.2, 0.25) is 5.92 Å². The monoisotopic (exact) mass is 232 g/mol. The number of alkyl halides is 2. The molecule has 1 saturated carbocycles. The van der Waals surface area contributed by atoms with Gasteiger partial charge in [0.05, 0.1) is 11.5 Å². The fourth-order valence-electron chi connectivity index (χ4n) is 2.20. The summed E-state index contributed by atoms with van der Waals surface area (Å²) >= 11 is 0. The summed E-state index contributed by atoms with van der Waals surface area (Å²) in [5, 5.41) is 9.95. The van der Waals surface area contributed by atoms with Gasteiger partial charge in [-0.1, -0.05) is 20.4 Å². The van der Waals surface area contributed by atoms with E-state index in [-0.39, 0.29) is 18.6 Å². The maximum atomic E-state index is 12.7. The van der Waals surface area contributed by atoms with Crippen molar-refractivity contribution < 1.29 is 18.7 Å². The van der Waals surface area contributed by atoms with E-state index >= 15 is 0 Å². The van der Waals surface area contributed by atoms with Gasteiger partial charge in [-0.05, 0) is 18.4 Å². The Morgan fingerprint density at radius 2 is 1.94 bits per heavy atom. The second kappa shape index (κ2) is 3.91. The summed E-state index contributed by atoms with van der Waals surface area (Å²) in [5.74, 6) is -3.43. The molecule has 2 nitrogen and oxygen atoms in total. The highest BCUT2D eigenvalue weighted by molar-refractivity contribution is 5.98. The van der Waals surface area contributed by atoms with Gasteiger partial charge >= 0.3 is 0 Å². The van der Waals surface area contributed by atoms with E-state index in [0.717, 1.165) is 0 Å². The first-order valence-corrected chi connectivity index (χ1v) is 5.34. The molecule has 1 rings (SSSR count). The Morgan fingerprint density at radius 1 is 1.50 bits per heavy atom. The Kier molecular flexibility index (Phi) is 3.25. The van der Waals surface area contributed by atoms with Crippen molar-refractivity contribution in [3.05, 3.63) is 12.2 Å². The minimum atomic E-state index is -2.67. The zero-order valence-electron chi connectivity index (χ0n) is 9.89. The fourth-order valence-corrected chi connectivity index (χ4v) is 2.20. The van der Waals surface area contributed by atoms with Crippen LogP contribution in [-0.4, -0.2) is 22.9 Å². The van der Waals surface area contributed by atoms with E-state index in [4.69, 9.17) is 0 Å². The van der Waals surface area contributed by atoms with Crippen LogP contribution >= 0.6 is 0 Å². The van der Waals surface area contributed by atoms with Crippen molar-refractivity contribution in [2.45, 2.75) is 45.6 Å². The number of hydrogen-bond acceptors (Lipinski definition) is 2. The number of Topliss-reactive ketones (excluding diaryl/α,β-unsaturated/α-hetero) is 1. The maximum Gasteiger partial charge on any atom is 0.248 e. The van der Waals surface area contributed by atoms with Crippen LogP contribution in [0.15, 0.2) is 12.2 Å². The second-order valence-electron chi connectivity index (χ2n) is 5.30. The Balaban J connectivity index is 2.70. The van der Waals surface area contributed by atoms with Gasteiger partial charge in [0, 0.05) is 12.8 Å². The van der Waals surface area contributed by atoms with Crippen LogP contribution in [-0.2, 0) is 4.79 Å². The predicted octanol–water partition coefficient (Wildman–Crippen LogP) is 2.56. The largest absolute Gasteiger partial charge is 0.392 e. The number of carbonyl (C=O) groups is 1. The summed E-state index contributed by atoms with van der Waals surface area (Å²) in [7, 11) is 0. The first-order chi connectivity index (χ1) is 7.08. The van der Waals surface area contributed by atoms with Crippen molar-refractivity contribution in [3.63, 3.8) is 0 Å². The number of halogens is 2. The third-order valence-corrected chi connectivity index (χ3v) is 3.28. The van der Waals surface area contributed by atoms with Crippen molar-refractivity contribution in [2.24, 2.45) is 11.3 Å². The molecule has 0 spiro atoms. The number of rotatable bonds is 4. The summed E-state index contributed by atoms with van der Waals surface area (Å²) in [6, 6.07) is 0. The molecule has 1 aliphatic carbocycles. The number of allylic oxidation sites excluding steroid dienone is 1. The zero-order chi connectivity index (χ0) is 12.7. The lowest BCUT2D eigenvalue weighted by Gasteiger charge is -2.43. The van der Waals surface area contributed by atoms with Gasteiger partial charge in [-0.3, -0.25) is 4.79 Å². The SMILES string of the molecule is C=C(C)C(=O)C(C)(C)C(O)C1CC(F)(F)C1. The molecule has 0 heterocycles. The van der Waals surface area contributed by atoms with Gasteiger partial charge in [-0.15, -0.1) is 0 Å². The highest BCUT2D eigenvalue weighted by Crippen LogP contribution is 2.47. The molecule has 1 N–H and O–H groups in total. The van der Waals surface area contributed by atoms with Crippen LogP contribution in [0.2, 0.25) is 0 Å². The van der Waals surface area contributed by atoms with Crippen LogP contribution in [0.1, 0.15) is 33.6 Å². The van der Waals surface area contributed by atoms with Crippen LogP contribution < -0.4 is 0 Å². The minimum absolute atomic E-state index is 0.268. The molecule has 0 radical (unpaired) electrons. The summed E-state index contributed by atoms with van der Waals surface area (Å²) in [6.07, 6.45) is -1.70. The minimum Gasteiger partial charge on any atom is -0.392 e. The zero-order valence-corrected chi connectivity index (χ0v) is 9.89. The van der Waals surface area contributed by atoms with E-state index in [1.165, 1.54) is 0 Å². The van der Waals surface area contributed by atoms with E-state index in [9.17, 15) is 18.7 Å². The van der Waals surface area contributed by atoms with Crippen LogP contribution in [0.5, 0.6) is 0 Å². The smallest absolute Gasteiger partial charge is 0.248 e. The number of carbonyl (C=O) groups excluding carboxylic acids is 1. The summed E-state index contributed by atoms with van der Waals surface area (Å²) in [4.78, 5) is 11.8. The fraction of sp³-hybridized carbons (Fsp3) is 0.750. The lowest BCUT2D eigenvalue weighted by atomic mass is 9.67. The van der Waals surface area contributed by atoms with Crippen molar-refractivity contribution >= 4 is 5.78 Å². The third kappa shape index (κ3) is 2.32. The molecule has 0 amide bonds. The van der Waals surface area contributed by atoms with Crippen molar-refractivity contribution in [1.29, 1.82) is 0 Å². The highest BCUT2D eigenvalue weighted by atomic mass is 19.3. The van der Waals surface area contributed by atoms with Crippen molar-refractivity contribution in [1.82, 2.24) is 0 Å². The van der Waals surface area contributed by atoms with Gasteiger partial charge in [-0.25, -0.2) is 8.78 Å². The van der Waals surface area contributed by atoms with E-state index in [0.29, 0.717) is 5.57 Å². The van der Waals surface area contributed by atoms with E-state index < -0.39 is 23.4 Å². The van der Waals surface area contributed by atoms with Gasteiger partial charge in [0.1, 0.15) is 0 Å². The van der Waals surface area contributed by atoms with Crippen LogP contribution in [0, 0.1) is 11.3 Å². The normalized spacial score (nSPS) is 22.4.